The molecule has 0 saturated carbocycles. The van der Waals surface area contributed by atoms with Gasteiger partial charge in [-0.3, -0.25) is 4.90 Å². The van der Waals surface area contributed by atoms with Gasteiger partial charge in [-0.15, -0.1) is 0 Å². The first-order valence-corrected chi connectivity index (χ1v) is 4.51. The van der Waals surface area contributed by atoms with E-state index in [4.69, 9.17) is 5.11 Å². The van der Waals surface area contributed by atoms with E-state index in [1.807, 2.05) is 0 Å². The second kappa shape index (κ2) is 3.81. The summed E-state index contributed by atoms with van der Waals surface area (Å²) < 4.78 is 0. The molecular formula is C9H13N3O. The maximum absolute atomic E-state index is 8.78. The first kappa shape index (κ1) is 8.59. The van der Waals surface area contributed by atoms with Gasteiger partial charge in [0.2, 0.25) is 0 Å². The first-order valence-electron chi connectivity index (χ1n) is 4.51. The molecule has 0 amide bonds. The quantitative estimate of drug-likeness (QED) is 0.718. The monoisotopic (exact) mass is 179 g/mol. The molecule has 2 heterocycles. The van der Waals surface area contributed by atoms with E-state index in [0.717, 1.165) is 31.0 Å². The number of nitrogens with zero attached hydrogens (tertiary/aromatic N) is 3. The van der Waals surface area contributed by atoms with Crippen molar-refractivity contribution in [3.05, 3.63) is 23.8 Å². The number of aliphatic hydroxyl groups is 1. The van der Waals surface area contributed by atoms with Crippen LogP contribution in [0.25, 0.3) is 0 Å². The normalized spacial score (nSPS) is 17.0. The summed E-state index contributed by atoms with van der Waals surface area (Å²) in [6.07, 6.45) is 4.65. The maximum atomic E-state index is 8.78. The predicted molar refractivity (Wildman–Crippen MR) is 47.8 cm³/mol. The molecule has 1 saturated heterocycles. The molecule has 0 aliphatic carbocycles. The molecule has 0 unspecified atom stereocenters. The van der Waals surface area contributed by atoms with Crippen molar-refractivity contribution in [1.82, 2.24) is 14.9 Å². The summed E-state index contributed by atoms with van der Waals surface area (Å²) in [5.41, 5.74) is 0.771. The maximum Gasteiger partial charge on any atom is 0.142 e. The van der Waals surface area contributed by atoms with Gasteiger partial charge < -0.3 is 5.11 Å². The third kappa shape index (κ3) is 2.02. The number of hydrogen-bond donors (Lipinski definition) is 1. The molecule has 2 rings (SSSR count). The Morgan fingerprint density at radius 1 is 1.31 bits per heavy atom. The summed E-state index contributed by atoms with van der Waals surface area (Å²) in [6, 6.07) is 0. The standard InChI is InChI=1S/C9H13N3O/c13-7-8-4-10-9(11-5-8)6-12-2-1-3-12/h4-5,13H,1-3,6-7H2. The van der Waals surface area contributed by atoms with Crippen molar-refractivity contribution < 1.29 is 5.11 Å². The third-order valence-corrected chi connectivity index (χ3v) is 2.26. The van der Waals surface area contributed by atoms with Gasteiger partial charge in [-0.05, 0) is 19.5 Å². The molecule has 4 nitrogen and oxygen atoms in total. The smallest absolute Gasteiger partial charge is 0.142 e. The van der Waals surface area contributed by atoms with Crippen LogP contribution in [-0.2, 0) is 13.2 Å². The Labute approximate surface area is 77.2 Å². The van der Waals surface area contributed by atoms with Crippen LogP contribution >= 0.6 is 0 Å². The second-order valence-corrected chi connectivity index (χ2v) is 3.30. The molecule has 1 aliphatic heterocycles. The van der Waals surface area contributed by atoms with E-state index in [1.54, 1.807) is 12.4 Å². The van der Waals surface area contributed by atoms with E-state index < -0.39 is 0 Å². The second-order valence-electron chi connectivity index (χ2n) is 3.30. The fourth-order valence-electron chi connectivity index (χ4n) is 1.28. The molecule has 0 atom stereocenters. The number of likely N-dealkylation sites (tertiary alicyclic amines) is 1. The van der Waals surface area contributed by atoms with Crippen LogP contribution in [-0.4, -0.2) is 33.1 Å². The summed E-state index contributed by atoms with van der Waals surface area (Å²) >= 11 is 0. The van der Waals surface area contributed by atoms with E-state index in [9.17, 15) is 0 Å². The summed E-state index contributed by atoms with van der Waals surface area (Å²) in [5.74, 6) is 0.844. The van der Waals surface area contributed by atoms with Gasteiger partial charge in [-0.25, -0.2) is 9.97 Å². The molecule has 0 bridgehead atoms. The lowest BCUT2D eigenvalue weighted by Crippen LogP contribution is -2.36. The number of rotatable bonds is 3. The Morgan fingerprint density at radius 3 is 2.46 bits per heavy atom. The zero-order valence-electron chi connectivity index (χ0n) is 7.48. The SMILES string of the molecule is OCc1cnc(CN2CCC2)nc1. The average Bonchev–Trinajstić information content (AvgIpc) is 2.12. The van der Waals surface area contributed by atoms with Crippen LogP contribution in [0.15, 0.2) is 12.4 Å². The lowest BCUT2D eigenvalue weighted by atomic mass is 10.2. The number of aromatic nitrogens is 2. The van der Waals surface area contributed by atoms with Crippen molar-refractivity contribution >= 4 is 0 Å². The molecule has 13 heavy (non-hydrogen) atoms. The Kier molecular flexibility index (Phi) is 2.52. The van der Waals surface area contributed by atoms with Gasteiger partial charge in [0.1, 0.15) is 5.82 Å². The average molecular weight is 179 g/mol. The number of hydrogen-bond acceptors (Lipinski definition) is 4. The zero-order chi connectivity index (χ0) is 9.10. The molecule has 4 heteroatoms. The number of aliphatic hydroxyl groups excluding tert-OH is 1. The highest BCUT2D eigenvalue weighted by molar-refractivity contribution is 5.03. The van der Waals surface area contributed by atoms with Gasteiger partial charge in [0, 0.05) is 18.0 Å². The van der Waals surface area contributed by atoms with E-state index >= 15 is 0 Å². The van der Waals surface area contributed by atoms with Crippen molar-refractivity contribution in [3.8, 4) is 0 Å². The summed E-state index contributed by atoms with van der Waals surface area (Å²) in [7, 11) is 0. The Morgan fingerprint density at radius 2 is 2.00 bits per heavy atom. The van der Waals surface area contributed by atoms with Crippen molar-refractivity contribution in [1.29, 1.82) is 0 Å². The summed E-state index contributed by atoms with van der Waals surface area (Å²) in [4.78, 5) is 10.6. The highest BCUT2D eigenvalue weighted by Gasteiger charge is 2.14. The Bertz CT molecular complexity index is 269. The largest absolute Gasteiger partial charge is 0.392 e. The fourth-order valence-corrected chi connectivity index (χ4v) is 1.28. The Hall–Kier alpha value is -1.00. The molecular weight excluding hydrogens is 166 g/mol. The van der Waals surface area contributed by atoms with Gasteiger partial charge >= 0.3 is 0 Å². The third-order valence-electron chi connectivity index (χ3n) is 2.26. The van der Waals surface area contributed by atoms with Crippen LogP contribution < -0.4 is 0 Å². The Balaban J connectivity index is 1.96. The molecule has 0 spiro atoms. The highest BCUT2D eigenvalue weighted by atomic mass is 16.3. The topological polar surface area (TPSA) is 49.3 Å². The minimum atomic E-state index is 0.0179. The molecule has 1 aromatic rings. The fraction of sp³-hybridized carbons (Fsp3) is 0.556. The van der Waals surface area contributed by atoms with Crippen LogP contribution in [0.5, 0.6) is 0 Å². The molecule has 1 N–H and O–H groups in total. The van der Waals surface area contributed by atoms with Crippen molar-refractivity contribution in [2.75, 3.05) is 13.1 Å². The molecule has 0 aromatic carbocycles. The highest BCUT2D eigenvalue weighted by Crippen LogP contribution is 2.08. The van der Waals surface area contributed by atoms with Crippen LogP contribution in [0.4, 0.5) is 0 Å². The summed E-state index contributed by atoms with van der Waals surface area (Å²) in [6.45, 7) is 3.17. The molecule has 1 aliphatic rings. The van der Waals surface area contributed by atoms with Crippen molar-refractivity contribution in [3.63, 3.8) is 0 Å². The van der Waals surface area contributed by atoms with E-state index in [1.165, 1.54) is 6.42 Å². The molecule has 70 valence electrons. The van der Waals surface area contributed by atoms with Crippen LogP contribution in [0.1, 0.15) is 17.8 Å². The van der Waals surface area contributed by atoms with Gasteiger partial charge in [0.25, 0.3) is 0 Å². The van der Waals surface area contributed by atoms with Gasteiger partial charge in [0.05, 0.1) is 13.2 Å². The first-order chi connectivity index (χ1) is 6.38. The van der Waals surface area contributed by atoms with E-state index in [2.05, 4.69) is 14.9 Å². The predicted octanol–water partition coefficient (Wildman–Crippen LogP) is 0.175. The minimum absolute atomic E-state index is 0.0179. The van der Waals surface area contributed by atoms with Gasteiger partial charge in [-0.1, -0.05) is 0 Å². The summed E-state index contributed by atoms with van der Waals surface area (Å²) in [5, 5.41) is 8.78. The van der Waals surface area contributed by atoms with E-state index in [0.29, 0.717) is 0 Å². The molecule has 1 aromatic heterocycles. The molecule has 1 fully saturated rings. The van der Waals surface area contributed by atoms with Crippen LogP contribution in [0, 0.1) is 0 Å². The lowest BCUT2D eigenvalue weighted by molar-refractivity contribution is 0.168. The lowest BCUT2D eigenvalue weighted by Gasteiger charge is -2.29. The molecule has 0 radical (unpaired) electrons. The zero-order valence-corrected chi connectivity index (χ0v) is 7.48. The van der Waals surface area contributed by atoms with Crippen molar-refractivity contribution in [2.24, 2.45) is 0 Å². The van der Waals surface area contributed by atoms with Gasteiger partial charge in [-0.2, -0.15) is 0 Å². The minimum Gasteiger partial charge on any atom is -0.392 e. The van der Waals surface area contributed by atoms with Crippen molar-refractivity contribution in [2.45, 2.75) is 19.6 Å². The van der Waals surface area contributed by atoms with E-state index in [-0.39, 0.29) is 6.61 Å². The van der Waals surface area contributed by atoms with Crippen LogP contribution in [0.3, 0.4) is 0 Å². The van der Waals surface area contributed by atoms with Crippen LogP contribution in [0.2, 0.25) is 0 Å². The van der Waals surface area contributed by atoms with Gasteiger partial charge in [0.15, 0.2) is 0 Å².